The molecule has 1 heterocycles. The molecule has 2 aromatic carbocycles. The minimum absolute atomic E-state index is 0.228. The molecule has 0 saturated carbocycles. The fraction of sp³-hybridized carbons (Fsp3) is 0.500. The topological polar surface area (TPSA) is 48.0 Å². The number of rotatable bonds is 9. The number of aryl methyl sites for hydroxylation is 3. The van der Waals surface area contributed by atoms with E-state index in [1.54, 1.807) is 21.3 Å². The third-order valence-corrected chi connectivity index (χ3v) is 6.28. The summed E-state index contributed by atoms with van der Waals surface area (Å²) in [6, 6.07) is 12.7. The fourth-order valence-electron chi connectivity index (χ4n) is 4.29. The molecule has 31 heavy (non-hydrogen) atoms. The van der Waals surface area contributed by atoms with Crippen molar-refractivity contribution in [1.29, 1.82) is 0 Å². The largest absolute Gasteiger partial charge is 0.493 e. The third-order valence-electron chi connectivity index (χ3n) is 6.28. The average Bonchev–Trinajstić information content (AvgIpc) is 2.81. The Labute approximate surface area is 186 Å². The van der Waals surface area contributed by atoms with Gasteiger partial charge in [-0.1, -0.05) is 29.8 Å². The number of ether oxygens (including phenoxy) is 3. The van der Waals surface area contributed by atoms with Gasteiger partial charge in [0.15, 0.2) is 11.5 Å². The quantitative estimate of drug-likeness (QED) is 0.578. The number of likely N-dealkylation sites (tertiary alicyclic amines) is 1. The minimum atomic E-state index is 0.228. The summed E-state index contributed by atoms with van der Waals surface area (Å²) in [4.78, 5) is 14.8. The normalized spacial score (nSPS) is 14.4. The van der Waals surface area contributed by atoms with Gasteiger partial charge in [-0.05, 0) is 68.2 Å². The molecule has 3 rings (SSSR count). The Morgan fingerprint density at radius 3 is 2.06 bits per heavy atom. The van der Waals surface area contributed by atoms with Crippen molar-refractivity contribution in [2.75, 3.05) is 34.4 Å². The molecule has 1 aliphatic heterocycles. The van der Waals surface area contributed by atoms with E-state index in [9.17, 15) is 4.79 Å². The van der Waals surface area contributed by atoms with Gasteiger partial charge in [0, 0.05) is 19.5 Å². The smallest absolute Gasteiger partial charge is 0.222 e. The summed E-state index contributed by atoms with van der Waals surface area (Å²) in [6.07, 6.45) is 5.68. The molecule has 1 saturated heterocycles. The summed E-state index contributed by atoms with van der Waals surface area (Å²) in [5.74, 6) is 2.76. The Hall–Kier alpha value is -2.69. The van der Waals surface area contributed by atoms with Gasteiger partial charge in [0.05, 0.1) is 21.3 Å². The van der Waals surface area contributed by atoms with Crippen LogP contribution in [-0.2, 0) is 17.6 Å². The van der Waals surface area contributed by atoms with Crippen molar-refractivity contribution in [2.24, 2.45) is 5.92 Å². The van der Waals surface area contributed by atoms with E-state index in [0.29, 0.717) is 36.0 Å². The van der Waals surface area contributed by atoms with Crippen molar-refractivity contribution in [1.82, 2.24) is 4.90 Å². The SMILES string of the molecule is COc1cc(CCC(=O)N2CCC(CCc3ccc(C)cc3)CC2)cc(OC)c1OC. The zero-order valence-electron chi connectivity index (χ0n) is 19.3. The van der Waals surface area contributed by atoms with Crippen LogP contribution in [0.25, 0.3) is 0 Å². The standard InChI is InChI=1S/C26H35NO4/c1-19-5-7-20(8-6-19)9-10-21-13-15-27(16-14-21)25(28)12-11-22-17-23(29-2)26(31-4)24(18-22)30-3/h5-8,17-18,21H,9-16H2,1-4H3. The highest BCUT2D eigenvalue weighted by molar-refractivity contribution is 5.76. The molecule has 0 atom stereocenters. The number of methoxy groups -OCH3 is 3. The van der Waals surface area contributed by atoms with E-state index in [-0.39, 0.29) is 5.91 Å². The lowest BCUT2D eigenvalue weighted by Gasteiger charge is -2.32. The summed E-state index contributed by atoms with van der Waals surface area (Å²) < 4.78 is 16.2. The molecule has 0 N–H and O–H groups in total. The predicted octanol–water partition coefficient (Wildman–Crippen LogP) is 4.82. The molecular weight excluding hydrogens is 390 g/mol. The van der Waals surface area contributed by atoms with Crippen LogP contribution in [0.1, 0.15) is 42.4 Å². The Balaban J connectivity index is 1.46. The average molecular weight is 426 g/mol. The number of piperidine rings is 1. The molecule has 0 bridgehead atoms. The van der Waals surface area contributed by atoms with Crippen LogP contribution in [0.3, 0.4) is 0 Å². The first-order valence-electron chi connectivity index (χ1n) is 11.2. The third kappa shape index (κ3) is 6.16. The van der Waals surface area contributed by atoms with Crippen molar-refractivity contribution >= 4 is 5.91 Å². The van der Waals surface area contributed by atoms with Gasteiger partial charge < -0.3 is 19.1 Å². The van der Waals surface area contributed by atoms with E-state index in [0.717, 1.165) is 37.9 Å². The second-order valence-corrected chi connectivity index (χ2v) is 8.38. The summed E-state index contributed by atoms with van der Waals surface area (Å²) in [7, 11) is 4.80. The predicted molar refractivity (Wildman–Crippen MR) is 123 cm³/mol. The number of carbonyl (C=O) groups is 1. The molecule has 1 aliphatic rings. The molecule has 168 valence electrons. The van der Waals surface area contributed by atoms with Crippen LogP contribution in [0.5, 0.6) is 17.2 Å². The highest BCUT2D eigenvalue weighted by atomic mass is 16.5. The Bertz CT molecular complexity index is 829. The lowest BCUT2D eigenvalue weighted by molar-refractivity contribution is -0.132. The van der Waals surface area contributed by atoms with Crippen molar-refractivity contribution in [3.8, 4) is 17.2 Å². The van der Waals surface area contributed by atoms with Crippen LogP contribution in [-0.4, -0.2) is 45.2 Å². The minimum Gasteiger partial charge on any atom is -0.493 e. The molecule has 2 aromatic rings. The maximum atomic E-state index is 12.8. The zero-order valence-corrected chi connectivity index (χ0v) is 19.3. The Kier molecular flexibility index (Phi) is 8.21. The summed E-state index contributed by atoms with van der Waals surface area (Å²) in [6.45, 7) is 3.86. The van der Waals surface area contributed by atoms with Crippen molar-refractivity contribution in [2.45, 2.75) is 45.4 Å². The lowest BCUT2D eigenvalue weighted by Crippen LogP contribution is -2.38. The van der Waals surface area contributed by atoms with E-state index in [1.807, 2.05) is 17.0 Å². The Morgan fingerprint density at radius 1 is 0.903 bits per heavy atom. The van der Waals surface area contributed by atoms with E-state index < -0.39 is 0 Å². The summed E-state index contributed by atoms with van der Waals surface area (Å²) >= 11 is 0. The number of hydrogen-bond donors (Lipinski definition) is 0. The van der Waals surface area contributed by atoms with Gasteiger partial charge in [-0.3, -0.25) is 4.79 Å². The molecule has 5 nitrogen and oxygen atoms in total. The van der Waals surface area contributed by atoms with E-state index in [4.69, 9.17) is 14.2 Å². The van der Waals surface area contributed by atoms with E-state index >= 15 is 0 Å². The van der Waals surface area contributed by atoms with Gasteiger partial charge in [0.2, 0.25) is 11.7 Å². The molecule has 1 amide bonds. The van der Waals surface area contributed by atoms with Gasteiger partial charge in [-0.15, -0.1) is 0 Å². The van der Waals surface area contributed by atoms with Crippen LogP contribution in [0.15, 0.2) is 36.4 Å². The molecule has 1 fully saturated rings. The molecule has 0 radical (unpaired) electrons. The van der Waals surface area contributed by atoms with Crippen LogP contribution < -0.4 is 14.2 Å². The lowest BCUT2D eigenvalue weighted by atomic mass is 9.90. The second-order valence-electron chi connectivity index (χ2n) is 8.38. The van der Waals surface area contributed by atoms with Gasteiger partial charge in [0.1, 0.15) is 0 Å². The van der Waals surface area contributed by atoms with Gasteiger partial charge >= 0.3 is 0 Å². The number of hydrogen-bond acceptors (Lipinski definition) is 4. The number of carbonyl (C=O) groups excluding carboxylic acids is 1. The van der Waals surface area contributed by atoms with Crippen LogP contribution >= 0.6 is 0 Å². The maximum Gasteiger partial charge on any atom is 0.222 e. The molecule has 0 aromatic heterocycles. The summed E-state index contributed by atoms with van der Waals surface area (Å²) in [5, 5.41) is 0. The fourth-order valence-corrected chi connectivity index (χ4v) is 4.29. The van der Waals surface area contributed by atoms with Crippen molar-refractivity contribution in [3.05, 3.63) is 53.1 Å². The summed E-state index contributed by atoms with van der Waals surface area (Å²) in [5.41, 5.74) is 3.73. The second kappa shape index (κ2) is 11.1. The first-order valence-corrected chi connectivity index (χ1v) is 11.2. The van der Waals surface area contributed by atoms with Crippen molar-refractivity contribution < 1.29 is 19.0 Å². The number of nitrogens with zero attached hydrogens (tertiary/aromatic N) is 1. The molecule has 0 spiro atoms. The van der Waals surface area contributed by atoms with Crippen LogP contribution in [0.4, 0.5) is 0 Å². The highest BCUT2D eigenvalue weighted by Gasteiger charge is 2.23. The van der Waals surface area contributed by atoms with Crippen LogP contribution in [0.2, 0.25) is 0 Å². The number of benzene rings is 2. The first kappa shape index (κ1) is 23.0. The van der Waals surface area contributed by atoms with E-state index in [1.165, 1.54) is 17.5 Å². The molecule has 0 aliphatic carbocycles. The molecular formula is C26H35NO4. The first-order chi connectivity index (χ1) is 15.0. The van der Waals surface area contributed by atoms with Crippen LogP contribution in [0, 0.1) is 12.8 Å². The van der Waals surface area contributed by atoms with E-state index in [2.05, 4.69) is 31.2 Å². The Morgan fingerprint density at radius 2 is 1.52 bits per heavy atom. The van der Waals surface area contributed by atoms with Gasteiger partial charge in [0.25, 0.3) is 0 Å². The molecule has 0 unspecified atom stereocenters. The zero-order chi connectivity index (χ0) is 22.2. The highest BCUT2D eigenvalue weighted by Crippen LogP contribution is 2.38. The maximum absolute atomic E-state index is 12.8. The molecule has 5 heteroatoms. The van der Waals surface area contributed by atoms with Gasteiger partial charge in [-0.2, -0.15) is 0 Å². The monoisotopic (exact) mass is 425 g/mol. The van der Waals surface area contributed by atoms with Crippen molar-refractivity contribution in [3.63, 3.8) is 0 Å². The van der Waals surface area contributed by atoms with Gasteiger partial charge in [-0.25, -0.2) is 0 Å². The number of amides is 1.